The van der Waals surface area contributed by atoms with Gasteiger partial charge in [0.15, 0.2) is 0 Å². The number of methoxy groups -OCH3 is 1. The first-order chi connectivity index (χ1) is 9.71. The fourth-order valence-electron chi connectivity index (χ4n) is 2.07. The van der Waals surface area contributed by atoms with E-state index in [4.69, 9.17) is 9.47 Å². The van der Waals surface area contributed by atoms with Gasteiger partial charge in [0.1, 0.15) is 17.2 Å². The number of aromatic amines is 1. The van der Waals surface area contributed by atoms with E-state index in [1.807, 2.05) is 45.2 Å². The van der Waals surface area contributed by atoms with Crippen molar-refractivity contribution in [1.82, 2.24) is 9.97 Å². The van der Waals surface area contributed by atoms with Crippen LogP contribution in [-0.4, -0.2) is 17.1 Å². The number of aromatic nitrogens is 2. The van der Waals surface area contributed by atoms with Gasteiger partial charge in [0.25, 0.3) is 0 Å². The average molecular weight is 272 g/mol. The van der Waals surface area contributed by atoms with Gasteiger partial charge in [-0.25, -0.2) is 4.98 Å². The molecule has 0 aliphatic heterocycles. The number of allylic oxidation sites excluding steroid dienone is 3. The third kappa shape index (κ3) is 2.75. The lowest BCUT2D eigenvalue weighted by molar-refractivity contribution is 0.186. The molecule has 0 aliphatic carbocycles. The first-order valence-electron chi connectivity index (χ1n) is 6.62. The minimum Gasteiger partial charge on any atom is -0.457 e. The number of hydrogen-bond acceptors (Lipinski definition) is 3. The van der Waals surface area contributed by atoms with Gasteiger partial charge in [0.05, 0.1) is 12.0 Å². The summed E-state index contributed by atoms with van der Waals surface area (Å²) < 4.78 is 11.3. The van der Waals surface area contributed by atoms with Crippen molar-refractivity contribution in [3.05, 3.63) is 47.5 Å². The van der Waals surface area contributed by atoms with Crippen LogP contribution in [0.1, 0.15) is 26.3 Å². The Morgan fingerprint density at radius 2 is 2.15 bits per heavy atom. The molecule has 2 heterocycles. The lowest BCUT2D eigenvalue weighted by Crippen LogP contribution is -1.98. The molecule has 0 saturated heterocycles. The first kappa shape index (κ1) is 14.3. The monoisotopic (exact) mass is 272 g/mol. The van der Waals surface area contributed by atoms with Crippen LogP contribution in [0.15, 0.2) is 41.9 Å². The van der Waals surface area contributed by atoms with Crippen molar-refractivity contribution < 1.29 is 9.47 Å². The standard InChI is InChI=1S/C16H20N2O2/c1-5-11(3)13(6-2)20-14-7-8-17-16-15(14)12(9-18-16)10-19-4/h5-9H,10H2,1-4H3,(H,17,18). The van der Waals surface area contributed by atoms with Crippen LogP contribution in [0, 0.1) is 0 Å². The Hall–Kier alpha value is -2.07. The van der Waals surface area contributed by atoms with Crippen LogP contribution in [-0.2, 0) is 11.3 Å². The highest BCUT2D eigenvalue weighted by atomic mass is 16.5. The highest BCUT2D eigenvalue weighted by Crippen LogP contribution is 2.30. The minimum absolute atomic E-state index is 0.524. The second-order valence-electron chi connectivity index (χ2n) is 4.51. The molecule has 20 heavy (non-hydrogen) atoms. The quantitative estimate of drug-likeness (QED) is 0.662. The molecule has 2 aromatic heterocycles. The second-order valence-corrected chi connectivity index (χ2v) is 4.51. The summed E-state index contributed by atoms with van der Waals surface area (Å²) in [6.45, 7) is 6.52. The van der Waals surface area contributed by atoms with Gasteiger partial charge in [-0.05, 0) is 38.5 Å². The Balaban J connectivity index is 2.46. The lowest BCUT2D eigenvalue weighted by atomic mass is 10.2. The van der Waals surface area contributed by atoms with E-state index in [1.165, 1.54) is 0 Å². The maximum atomic E-state index is 6.05. The molecular formula is C16H20N2O2. The number of pyridine rings is 1. The van der Waals surface area contributed by atoms with E-state index in [2.05, 4.69) is 9.97 Å². The Morgan fingerprint density at radius 3 is 2.80 bits per heavy atom. The van der Waals surface area contributed by atoms with Gasteiger partial charge < -0.3 is 14.5 Å². The van der Waals surface area contributed by atoms with Crippen LogP contribution in [0.2, 0.25) is 0 Å². The summed E-state index contributed by atoms with van der Waals surface area (Å²) in [5, 5.41) is 0.970. The van der Waals surface area contributed by atoms with Crippen LogP contribution in [0.4, 0.5) is 0 Å². The molecule has 0 bridgehead atoms. The van der Waals surface area contributed by atoms with E-state index >= 15 is 0 Å². The van der Waals surface area contributed by atoms with Crippen molar-refractivity contribution >= 4 is 11.0 Å². The molecule has 0 fully saturated rings. The molecule has 4 heteroatoms. The SMILES string of the molecule is CC=C(C)C(=CC)Oc1ccnc2[nH]cc(COC)c12. The van der Waals surface area contributed by atoms with Crippen LogP contribution in [0.3, 0.4) is 0 Å². The van der Waals surface area contributed by atoms with Crippen molar-refractivity contribution in [2.24, 2.45) is 0 Å². The maximum Gasteiger partial charge on any atom is 0.141 e. The molecule has 0 aromatic carbocycles. The van der Waals surface area contributed by atoms with Gasteiger partial charge in [-0.1, -0.05) is 6.08 Å². The third-order valence-corrected chi connectivity index (χ3v) is 3.22. The van der Waals surface area contributed by atoms with E-state index in [0.29, 0.717) is 6.61 Å². The van der Waals surface area contributed by atoms with Crippen LogP contribution in [0.25, 0.3) is 11.0 Å². The van der Waals surface area contributed by atoms with Gasteiger partial charge in [0.2, 0.25) is 0 Å². The zero-order chi connectivity index (χ0) is 14.5. The summed E-state index contributed by atoms with van der Waals surface area (Å²) in [7, 11) is 1.68. The Bertz CT molecular complexity index is 654. The number of ether oxygens (including phenoxy) is 2. The number of hydrogen-bond donors (Lipinski definition) is 1. The molecule has 0 radical (unpaired) electrons. The predicted octanol–water partition coefficient (Wildman–Crippen LogP) is 3.96. The molecule has 0 saturated carbocycles. The Morgan fingerprint density at radius 1 is 1.35 bits per heavy atom. The molecule has 0 spiro atoms. The van der Waals surface area contributed by atoms with Gasteiger partial charge in [-0.3, -0.25) is 0 Å². The van der Waals surface area contributed by atoms with Crippen molar-refractivity contribution in [3.63, 3.8) is 0 Å². The Labute approximate surface area is 119 Å². The summed E-state index contributed by atoms with van der Waals surface area (Å²) in [5.74, 6) is 1.64. The summed E-state index contributed by atoms with van der Waals surface area (Å²) in [6.07, 6.45) is 7.64. The van der Waals surface area contributed by atoms with Crippen LogP contribution >= 0.6 is 0 Å². The number of fused-ring (bicyclic) bond motifs is 1. The van der Waals surface area contributed by atoms with E-state index in [9.17, 15) is 0 Å². The molecule has 0 aliphatic rings. The minimum atomic E-state index is 0.524. The van der Waals surface area contributed by atoms with E-state index in [-0.39, 0.29) is 0 Å². The molecule has 1 N–H and O–H groups in total. The second kappa shape index (κ2) is 6.39. The smallest absolute Gasteiger partial charge is 0.141 e. The average Bonchev–Trinajstić information content (AvgIpc) is 2.88. The van der Waals surface area contributed by atoms with Gasteiger partial charge in [0, 0.05) is 25.1 Å². The van der Waals surface area contributed by atoms with Gasteiger partial charge >= 0.3 is 0 Å². The zero-order valence-electron chi connectivity index (χ0n) is 12.4. The van der Waals surface area contributed by atoms with Crippen LogP contribution < -0.4 is 4.74 Å². The molecular weight excluding hydrogens is 252 g/mol. The number of nitrogens with zero attached hydrogens (tertiary/aromatic N) is 1. The molecule has 0 amide bonds. The predicted molar refractivity (Wildman–Crippen MR) is 80.6 cm³/mol. The fraction of sp³-hybridized carbons (Fsp3) is 0.312. The maximum absolute atomic E-state index is 6.05. The van der Waals surface area contributed by atoms with Gasteiger partial charge in [-0.2, -0.15) is 0 Å². The van der Waals surface area contributed by atoms with Crippen LogP contribution in [0.5, 0.6) is 5.75 Å². The van der Waals surface area contributed by atoms with Gasteiger partial charge in [-0.15, -0.1) is 0 Å². The molecule has 2 aromatic rings. The normalized spacial score (nSPS) is 13.0. The number of rotatable bonds is 5. The highest BCUT2D eigenvalue weighted by molar-refractivity contribution is 5.86. The largest absolute Gasteiger partial charge is 0.457 e. The Kier molecular flexibility index (Phi) is 4.58. The number of H-pyrrole nitrogens is 1. The molecule has 106 valence electrons. The third-order valence-electron chi connectivity index (χ3n) is 3.22. The first-order valence-corrected chi connectivity index (χ1v) is 6.62. The molecule has 4 nitrogen and oxygen atoms in total. The zero-order valence-corrected chi connectivity index (χ0v) is 12.4. The molecule has 2 rings (SSSR count). The summed E-state index contributed by atoms with van der Waals surface area (Å²) in [5.41, 5.74) is 2.95. The summed E-state index contributed by atoms with van der Waals surface area (Å²) >= 11 is 0. The summed E-state index contributed by atoms with van der Waals surface area (Å²) in [4.78, 5) is 7.46. The fourth-order valence-corrected chi connectivity index (χ4v) is 2.07. The van der Waals surface area contributed by atoms with Crippen molar-refractivity contribution in [1.29, 1.82) is 0 Å². The molecule has 0 unspecified atom stereocenters. The van der Waals surface area contributed by atoms with Crippen molar-refractivity contribution in [2.45, 2.75) is 27.4 Å². The lowest BCUT2D eigenvalue weighted by Gasteiger charge is -2.11. The van der Waals surface area contributed by atoms with Crippen molar-refractivity contribution in [2.75, 3.05) is 7.11 Å². The summed E-state index contributed by atoms with van der Waals surface area (Å²) in [6, 6.07) is 1.88. The topological polar surface area (TPSA) is 47.1 Å². The highest BCUT2D eigenvalue weighted by Gasteiger charge is 2.12. The van der Waals surface area contributed by atoms with E-state index in [1.54, 1.807) is 13.3 Å². The van der Waals surface area contributed by atoms with Crippen molar-refractivity contribution in [3.8, 4) is 5.75 Å². The number of nitrogens with one attached hydrogen (secondary N) is 1. The van der Waals surface area contributed by atoms with E-state index < -0.39 is 0 Å². The van der Waals surface area contributed by atoms with E-state index in [0.717, 1.165) is 33.7 Å². The molecule has 0 atom stereocenters.